The van der Waals surface area contributed by atoms with Gasteiger partial charge in [0, 0.05) is 18.3 Å². The number of hydrogen-bond acceptors (Lipinski definition) is 3. The van der Waals surface area contributed by atoms with E-state index in [1.54, 1.807) is 38.2 Å². The summed E-state index contributed by atoms with van der Waals surface area (Å²) in [6.07, 6.45) is 0. The predicted molar refractivity (Wildman–Crippen MR) is 77.4 cm³/mol. The first-order chi connectivity index (χ1) is 9.40. The summed E-state index contributed by atoms with van der Waals surface area (Å²) >= 11 is 6.05. The van der Waals surface area contributed by atoms with Gasteiger partial charge in [0.1, 0.15) is 5.69 Å². The number of nitrogens with zero attached hydrogens (tertiary/aromatic N) is 2. The number of hydrogen-bond donors (Lipinski definition) is 1. The van der Waals surface area contributed by atoms with Crippen LogP contribution in [0.3, 0.4) is 0 Å². The molecule has 0 radical (unpaired) electrons. The summed E-state index contributed by atoms with van der Waals surface area (Å²) in [5.41, 5.74) is 2.10. The van der Waals surface area contributed by atoms with Crippen molar-refractivity contribution in [2.45, 2.75) is 13.8 Å². The van der Waals surface area contributed by atoms with E-state index < -0.39 is 0 Å². The van der Waals surface area contributed by atoms with Gasteiger partial charge in [-0.15, -0.1) is 0 Å². The van der Waals surface area contributed by atoms with Crippen molar-refractivity contribution in [2.75, 3.05) is 5.32 Å². The molecule has 1 heterocycles. The Balaban J connectivity index is 2.21. The van der Waals surface area contributed by atoms with Crippen LogP contribution in [0.25, 0.3) is 0 Å². The Bertz CT molecular complexity index is 674. The number of ketones is 1. The molecule has 1 aromatic heterocycles. The minimum Gasteiger partial charge on any atom is -0.321 e. The molecule has 6 heteroatoms. The number of aryl methyl sites for hydroxylation is 2. The summed E-state index contributed by atoms with van der Waals surface area (Å²) in [6, 6.07) is 6.67. The maximum absolute atomic E-state index is 12.2. The topological polar surface area (TPSA) is 64.0 Å². The molecule has 0 bridgehead atoms. The molecule has 1 amide bonds. The molecule has 0 saturated heterocycles. The summed E-state index contributed by atoms with van der Waals surface area (Å²) < 4.78 is 1.44. The molecule has 1 aromatic carbocycles. The second kappa shape index (κ2) is 5.46. The molecule has 0 saturated carbocycles. The van der Waals surface area contributed by atoms with Crippen molar-refractivity contribution in [1.29, 1.82) is 0 Å². The van der Waals surface area contributed by atoms with Crippen LogP contribution in [0.5, 0.6) is 0 Å². The zero-order chi connectivity index (χ0) is 14.9. The van der Waals surface area contributed by atoms with E-state index in [2.05, 4.69) is 10.4 Å². The molecule has 0 atom stereocenters. The van der Waals surface area contributed by atoms with E-state index >= 15 is 0 Å². The number of Topliss-reactive ketones (excluding diaryl/α,β-unsaturated/α-hetero) is 1. The highest BCUT2D eigenvalue weighted by molar-refractivity contribution is 6.34. The summed E-state index contributed by atoms with van der Waals surface area (Å²) in [6.45, 7) is 3.23. The molecule has 2 rings (SSSR count). The third-order valence-corrected chi connectivity index (χ3v) is 3.37. The first-order valence-corrected chi connectivity index (χ1v) is 6.39. The fraction of sp³-hybridized carbons (Fsp3) is 0.214. The molecule has 104 valence electrons. The summed E-state index contributed by atoms with van der Waals surface area (Å²) in [5.74, 6) is -0.359. The zero-order valence-corrected chi connectivity index (χ0v) is 12.2. The van der Waals surface area contributed by atoms with E-state index in [1.165, 1.54) is 11.6 Å². The Morgan fingerprint density at radius 3 is 2.30 bits per heavy atom. The van der Waals surface area contributed by atoms with Gasteiger partial charge >= 0.3 is 0 Å². The first-order valence-electron chi connectivity index (χ1n) is 6.01. The average molecular weight is 292 g/mol. The van der Waals surface area contributed by atoms with E-state index in [0.717, 1.165) is 0 Å². The van der Waals surface area contributed by atoms with Crippen LogP contribution < -0.4 is 5.32 Å². The Hall–Kier alpha value is -2.14. The fourth-order valence-electron chi connectivity index (χ4n) is 1.86. The molecule has 0 aliphatic rings. The number of halogens is 1. The van der Waals surface area contributed by atoms with Crippen LogP contribution in [0.1, 0.15) is 33.5 Å². The summed E-state index contributed by atoms with van der Waals surface area (Å²) in [4.78, 5) is 23.3. The smallest absolute Gasteiger partial charge is 0.275 e. The lowest BCUT2D eigenvalue weighted by Gasteiger charge is -2.06. The second-order valence-corrected chi connectivity index (χ2v) is 4.84. The van der Waals surface area contributed by atoms with Crippen molar-refractivity contribution in [3.63, 3.8) is 0 Å². The van der Waals surface area contributed by atoms with Gasteiger partial charge in [-0.1, -0.05) is 11.6 Å². The van der Waals surface area contributed by atoms with Gasteiger partial charge in [-0.05, 0) is 38.1 Å². The largest absolute Gasteiger partial charge is 0.321 e. The molecule has 2 aromatic rings. The lowest BCUT2D eigenvalue weighted by atomic mass is 10.1. The van der Waals surface area contributed by atoms with Crippen LogP contribution >= 0.6 is 11.6 Å². The van der Waals surface area contributed by atoms with Crippen LogP contribution in [0.4, 0.5) is 5.69 Å². The van der Waals surface area contributed by atoms with Crippen molar-refractivity contribution in [3.8, 4) is 0 Å². The predicted octanol–water partition coefficient (Wildman–Crippen LogP) is 2.84. The Morgan fingerprint density at radius 2 is 1.85 bits per heavy atom. The maximum atomic E-state index is 12.2. The number of anilines is 1. The van der Waals surface area contributed by atoms with Crippen LogP contribution in [-0.2, 0) is 7.05 Å². The third kappa shape index (κ3) is 2.72. The van der Waals surface area contributed by atoms with Gasteiger partial charge in [-0.2, -0.15) is 5.10 Å². The van der Waals surface area contributed by atoms with Gasteiger partial charge in [0.15, 0.2) is 5.78 Å². The van der Waals surface area contributed by atoms with E-state index in [4.69, 9.17) is 11.6 Å². The van der Waals surface area contributed by atoms with E-state index in [-0.39, 0.29) is 11.7 Å². The SMILES string of the molecule is CC(=O)c1ccc(NC(=O)c2c(Cl)c(C)nn2C)cc1. The van der Waals surface area contributed by atoms with E-state index in [9.17, 15) is 9.59 Å². The van der Waals surface area contributed by atoms with Crippen molar-refractivity contribution in [3.05, 3.63) is 46.2 Å². The standard InChI is InChI=1S/C14H14ClN3O2/c1-8-12(15)13(18(3)17-8)14(20)16-11-6-4-10(5-7-11)9(2)19/h4-7H,1-3H3,(H,16,20). The highest BCUT2D eigenvalue weighted by Gasteiger charge is 2.18. The number of carbonyl (C=O) groups excluding carboxylic acids is 2. The normalized spacial score (nSPS) is 10.4. The highest BCUT2D eigenvalue weighted by Crippen LogP contribution is 2.20. The molecule has 0 unspecified atom stereocenters. The van der Waals surface area contributed by atoms with E-state index in [0.29, 0.717) is 27.7 Å². The number of benzene rings is 1. The van der Waals surface area contributed by atoms with Crippen LogP contribution in [-0.4, -0.2) is 21.5 Å². The van der Waals surface area contributed by atoms with Gasteiger partial charge in [0.2, 0.25) is 0 Å². The minimum atomic E-state index is -0.339. The molecule has 0 spiro atoms. The molecule has 1 N–H and O–H groups in total. The molecular weight excluding hydrogens is 278 g/mol. The highest BCUT2D eigenvalue weighted by atomic mass is 35.5. The zero-order valence-electron chi connectivity index (χ0n) is 11.4. The number of carbonyl (C=O) groups is 2. The quantitative estimate of drug-likeness (QED) is 0.885. The Morgan fingerprint density at radius 1 is 1.25 bits per heavy atom. The molecule has 0 aliphatic heterocycles. The van der Waals surface area contributed by atoms with Gasteiger partial charge in [0.25, 0.3) is 5.91 Å². The fourth-order valence-corrected chi connectivity index (χ4v) is 2.10. The van der Waals surface area contributed by atoms with Crippen LogP contribution in [0.15, 0.2) is 24.3 Å². The molecule has 20 heavy (non-hydrogen) atoms. The maximum Gasteiger partial charge on any atom is 0.275 e. The Kier molecular flexibility index (Phi) is 3.90. The number of aromatic nitrogens is 2. The van der Waals surface area contributed by atoms with Gasteiger partial charge < -0.3 is 5.32 Å². The number of nitrogens with one attached hydrogen (secondary N) is 1. The number of amides is 1. The number of rotatable bonds is 3. The first kappa shape index (κ1) is 14.3. The summed E-state index contributed by atoms with van der Waals surface area (Å²) in [5, 5.41) is 7.15. The molecular formula is C14H14ClN3O2. The monoisotopic (exact) mass is 291 g/mol. The minimum absolute atomic E-state index is 0.0202. The van der Waals surface area contributed by atoms with Crippen LogP contribution in [0, 0.1) is 6.92 Å². The van der Waals surface area contributed by atoms with Gasteiger partial charge in [-0.3, -0.25) is 14.3 Å². The second-order valence-electron chi connectivity index (χ2n) is 4.46. The van der Waals surface area contributed by atoms with Crippen molar-refractivity contribution in [1.82, 2.24) is 9.78 Å². The molecule has 0 fully saturated rings. The molecule has 5 nitrogen and oxygen atoms in total. The van der Waals surface area contributed by atoms with E-state index in [1.807, 2.05) is 0 Å². The molecule has 0 aliphatic carbocycles. The average Bonchev–Trinajstić information content (AvgIpc) is 2.63. The van der Waals surface area contributed by atoms with Crippen molar-refractivity contribution < 1.29 is 9.59 Å². The Labute approximate surface area is 121 Å². The van der Waals surface area contributed by atoms with Crippen LogP contribution in [0.2, 0.25) is 5.02 Å². The van der Waals surface area contributed by atoms with Gasteiger partial charge in [-0.25, -0.2) is 0 Å². The lowest BCUT2D eigenvalue weighted by Crippen LogP contribution is -2.16. The summed E-state index contributed by atoms with van der Waals surface area (Å²) in [7, 11) is 1.66. The lowest BCUT2D eigenvalue weighted by molar-refractivity contribution is 0.101. The van der Waals surface area contributed by atoms with Crippen molar-refractivity contribution >= 4 is 29.0 Å². The van der Waals surface area contributed by atoms with Crippen molar-refractivity contribution in [2.24, 2.45) is 7.05 Å². The van der Waals surface area contributed by atoms with Gasteiger partial charge in [0.05, 0.1) is 10.7 Å². The third-order valence-electron chi connectivity index (χ3n) is 2.91.